The molecule has 0 atom stereocenters. The smallest absolute Gasteiger partial charge is 0.251 e. The van der Waals surface area contributed by atoms with E-state index in [4.69, 9.17) is 11.6 Å². The first kappa shape index (κ1) is 14.1. The molecule has 0 aliphatic carbocycles. The van der Waals surface area contributed by atoms with Gasteiger partial charge in [0.15, 0.2) is 0 Å². The van der Waals surface area contributed by atoms with E-state index in [0.29, 0.717) is 17.1 Å². The SMILES string of the molecule is Cc1ccc(C(=O)NCc2ccc(Br)cc2)cc1Cl. The molecule has 1 amide bonds. The summed E-state index contributed by atoms with van der Waals surface area (Å²) in [5.41, 5.74) is 2.59. The highest BCUT2D eigenvalue weighted by Gasteiger charge is 2.06. The second-order valence-electron chi connectivity index (χ2n) is 4.27. The highest BCUT2D eigenvalue weighted by Crippen LogP contribution is 2.16. The van der Waals surface area contributed by atoms with Gasteiger partial charge in [-0.15, -0.1) is 0 Å². The van der Waals surface area contributed by atoms with Gasteiger partial charge in [-0.2, -0.15) is 0 Å². The van der Waals surface area contributed by atoms with E-state index in [-0.39, 0.29) is 5.91 Å². The van der Waals surface area contributed by atoms with Crippen LogP contribution >= 0.6 is 27.5 Å². The maximum atomic E-state index is 12.0. The third-order valence-electron chi connectivity index (χ3n) is 2.80. The summed E-state index contributed by atoms with van der Waals surface area (Å²) in [6, 6.07) is 13.1. The lowest BCUT2D eigenvalue weighted by molar-refractivity contribution is 0.0951. The molecule has 0 fully saturated rings. The molecule has 4 heteroatoms. The first-order chi connectivity index (χ1) is 9.06. The van der Waals surface area contributed by atoms with Crippen LogP contribution in [-0.2, 0) is 6.54 Å². The van der Waals surface area contributed by atoms with Crippen molar-refractivity contribution in [3.63, 3.8) is 0 Å². The van der Waals surface area contributed by atoms with Crippen LogP contribution in [0.2, 0.25) is 5.02 Å². The Morgan fingerprint density at radius 3 is 2.53 bits per heavy atom. The van der Waals surface area contributed by atoms with Crippen LogP contribution < -0.4 is 5.32 Å². The third-order valence-corrected chi connectivity index (χ3v) is 3.74. The first-order valence-corrected chi connectivity index (χ1v) is 7.02. The Morgan fingerprint density at radius 1 is 1.21 bits per heavy atom. The van der Waals surface area contributed by atoms with Crippen molar-refractivity contribution >= 4 is 33.4 Å². The fraction of sp³-hybridized carbons (Fsp3) is 0.133. The van der Waals surface area contributed by atoms with Crippen molar-refractivity contribution in [2.45, 2.75) is 13.5 Å². The molecule has 0 radical (unpaired) electrons. The Bertz CT molecular complexity index is 596. The van der Waals surface area contributed by atoms with Crippen LogP contribution in [0.1, 0.15) is 21.5 Å². The van der Waals surface area contributed by atoms with Gasteiger partial charge in [0.05, 0.1) is 0 Å². The third kappa shape index (κ3) is 3.82. The summed E-state index contributed by atoms with van der Waals surface area (Å²) in [6.45, 7) is 2.41. The molecule has 0 saturated heterocycles. The van der Waals surface area contributed by atoms with E-state index < -0.39 is 0 Å². The Hall–Kier alpha value is -1.32. The van der Waals surface area contributed by atoms with Crippen LogP contribution in [0.5, 0.6) is 0 Å². The summed E-state index contributed by atoms with van der Waals surface area (Å²) < 4.78 is 1.02. The molecule has 19 heavy (non-hydrogen) atoms. The zero-order valence-electron chi connectivity index (χ0n) is 10.4. The van der Waals surface area contributed by atoms with Crippen molar-refractivity contribution < 1.29 is 4.79 Å². The van der Waals surface area contributed by atoms with Crippen LogP contribution in [0.4, 0.5) is 0 Å². The molecule has 0 bridgehead atoms. The number of benzene rings is 2. The van der Waals surface area contributed by atoms with Gasteiger partial charge in [0.25, 0.3) is 5.91 Å². The van der Waals surface area contributed by atoms with Crippen molar-refractivity contribution in [3.8, 4) is 0 Å². The summed E-state index contributed by atoms with van der Waals surface area (Å²) in [7, 11) is 0. The molecule has 0 unspecified atom stereocenters. The van der Waals surface area contributed by atoms with Crippen LogP contribution in [0.25, 0.3) is 0 Å². The van der Waals surface area contributed by atoms with Crippen LogP contribution in [0.15, 0.2) is 46.9 Å². The number of halogens is 2. The Kier molecular flexibility index (Phi) is 4.61. The first-order valence-electron chi connectivity index (χ1n) is 5.85. The average molecular weight is 339 g/mol. The van der Waals surface area contributed by atoms with E-state index in [1.165, 1.54) is 0 Å². The van der Waals surface area contributed by atoms with Gasteiger partial charge in [0.2, 0.25) is 0 Å². The fourth-order valence-corrected chi connectivity index (χ4v) is 2.07. The van der Waals surface area contributed by atoms with Crippen molar-refractivity contribution in [2.24, 2.45) is 0 Å². The van der Waals surface area contributed by atoms with E-state index in [0.717, 1.165) is 15.6 Å². The molecule has 2 aromatic rings. The van der Waals surface area contributed by atoms with Crippen LogP contribution in [0.3, 0.4) is 0 Å². The number of rotatable bonds is 3. The van der Waals surface area contributed by atoms with E-state index in [1.807, 2.05) is 37.3 Å². The fourth-order valence-electron chi connectivity index (χ4n) is 1.62. The lowest BCUT2D eigenvalue weighted by Crippen LogP contribution is -2.22. The van der Waals surface area contributed by atoms with Gasteiger partial charge in [-0.1, -0.05) is 45.7 Å². The number of carbonyl (C=O) groups excluding carboxylic acids is 1. The monoisotopic (exact) mass is 337 g/mol. The summed E-state index contributed by atoms with van der Waals surface area (Å²) in [5, 5.41) is 3.48. The molecule has 98 valence electrons. The number of hydrogen-bond donors (Lipinski definition) is 1. The molecule has 0 heterocycles. The topological polar surface area (TPSA) is 29.1 Å². The van der Waals surface area contributed by atoms with E-state index >= 15 is 0 Å². The van der Waals surface area contributed by atoms with Crippen molar-refractivity contribution in [1.29, 1.82) is 0 Å². The number of carbonyl (C=O) groups is 1. The molecule has 0 aliphatic heterocycles. The Balaban J connectivity index is 2.01. The molecule has 0 spiro atoms. The molecular weight excluding hydrogens is 326 g/mol. The number of amides is 1. The molecule has 2 rings (SSSR count). The highest BCUT2D eigenvalue weighted by atomic mass is 79.9. The summed E-state index contributed by atoms with van der Waals surface area (Å²) in [5.74, 6) is -0.121. The van der Waals surface area contributed by atoms with Gasteiger partial charge in [0.1, 0.15) is 0 Å². The highest BCUT2D eigenvalue weighted by molar-refractivity contribution is 9.10. The number of nitrogens with one attached hydrogen (secondary N) is 1. The van der Waals surface area contributed by atoms with Crippen molar-refractivity contribution in [3.05, 3.63) is 68.7 Å². The largest absolute Gasteiger partial charge is 0.348 e. The number of hydrogen-bond acceptors (Lipinski definition) is 1. The zero-order chi connectivity index (χ0) is 13.8. The summed E-state index contributed by atoms with van der Waals surface area (Å²) in [4.78, 5) is 12.0. The summed E-state index contributed by atoms with van der Waals surface area (Å²) >= 11 is 9.38. The van der Waals surface area contributed by atoms with Gasteiger partial charge < -0.3 is 5.32 Å². The van der Waals surface area contributed by atoms with Gasteiger partial charge in [-0.05, 0) is 42.3 Å². The quantitative estimate of drug-likeness (QED) is 0.886. The standard InChI is InChI=1S/C15H13BrClNO/c1-10-2-5-12(8-14(10)17)15(19)18-9-11-3-6-13(16)7-4-11/h2-8H,9H2,1H3,(H,18,19). The minimum Gasteiger partial charge on any atom is -0.348 e. The number of aryl methyl sites for hydroxylation is 1. The predicted molar refractivity (Wildman–Crippen MR) is 81.5 cm³/mol. The molecule has 0 aromatic heterocycles. The minimum atomic E-state index is -0.121. The van der Waals surface area contributed by atoms with Crippen LogP contribution in [0, 0.1) is 6.92 Å². The molecular formula is C15H13BrClNO. The lowest BCUT2D eigenvalue weighted by atomic mass is 10.1. The van der Waals surface area contributed by atoms with E-state index in [2.05, 4.69) is 21.2 Å². The maximum Gasteiger partial charge on any atom is 0.251 e. The molecule has 2 nitrogen and oxygen atoms in total. The van der Waals surface area contributed by atoms with E-state index in [9.17, 15) is 4.79 Å². The van der Waals surface area contributed by atoms with Gasteiger partial charge in [-0.3, -0.25) is 4.79 Å². The summed E-state index contributed by atoms with van der Waals surface area (Å²) in [6.07, 6.45) is 0. The van der Waals surface area contributed by atoms with E-state index in [1.54, 1.807) is 12.1 Å². The van der Waals surface area contributed by atoms with Gasteiger partial charge >= 0.3 is 0 Å². The zero-order valence-corrected chi connectivity index (χ0v) is 12.8. The lowest BCUT2D eigenvalue weighted by Gasteiger charge is -2.07. The van der Waals surface area contributed by atoms with Crippen molar-refractivity contribution in [2.75, 3.05) is 0 Å². The predicted octanol–water partition coefficient (Wildman–Crippen LogP) is 4.34. The normalized spacial score (nSPS) is 10.3. The minimum absolute atomic E-state index is 0.121. The van der Waals surface area contributed by atoms with Crippen molar-refractivity contribution in [1.82, 2.24) is 5.32 Å². The van der Waals surface area contributed by atoms with Gasteiger partial charge in [0, 0.05) is 21.6 Å². The van der Waals surface area contributed by atoms with Crippen LogP contribution in [-0.4, -0.2) is 5.91 Å². The molecule has 0 aliphatic rings. The van der Waals surface area contributed by atoms with Gasteiger partial charge in [-0.25, -0.2) is 0 Å². The Labute approximate surface area is 125 Å². The second-order valence-corrected chi connectivity index (χ2v) is 5.60. The molecule has 1 N–H and O–H groups in total. The second kappa shape index (κ2) is 6.22. The Morgan fingerprint density at radius 2 is 1.89 bits per heavy atom. The average Bonchev–Trinajstić information content (AvgIpc) is 2.41. The molecule has 0 saturated carbocycles. The maximum absolute atomic E-state index is 12.0. The molecule has 2 aromatic carbocycles.